The van der Waals surface area contributed by atoms with Crippen LogP contribution in [0.1, 0.15) is 12.8 Å². The van der Waals surface area contributed by atoms with Crippen LogP contribution in [-0.2, 0) is 9.47 Å². The second kappa shape index (κ2) is 7.11. The Labute approximate surface area is 89.8 Å². The van der Waals surface area contributed by atoms with Crippen LogP contribution in [0.5, 0.6) is 0 Å². The largest absolute Gasteiger partial charge is 0.502 e. The predicted molar refractivity (Wildman–Crippen MR) is 56.5 cm³/mol. The molecule has 1 aliphatic rings. The zero-order valence-corrected chi connectivity index (χ0v) is 8.83. The van der Waals surface area contributed by atoms with E-state index in [1.54, 1.807) is 0 Å². The van der Waals surface area contributed by atoms with E-state index in [2.05, 4.69) is 17.2 Å². The molecule has 0 saturated carbocycles. The summed E-state index contributed by atoms with van der Waals surface area (Å²) in [6.45, 7) is 5.96. The quantitative estimate of drug-likeness (QED) is 0.503. The Kier molecular flexibility index (Phi) is 5.62. The molecule has 1 heterocycles. The van der Waals surface area contributed by atoms with Crippen LogP contribution in [0.25, 0.3) is 0 Å². The molecule has 0 aliphatic carbocycles. The van der Waals surface area contributed by atoms with E-state index in [9.17, 15) is 4.79 Å². The van der Waals surface area contributed by atoms with Gasteiger partial charge in [0.15, 0.2) is 0 Å². The lowest BCUT2D eigenvalue weighted by molar-refractivity contribution is 0.188. The van der Waals surface area contributed by atoms with Gasteiger partial charge >= 0.3 is 6.03 Å². The van der Waals surface area contributed by atoms with Crippen LogP contribution in [0.3, 0.4) is 0 Å². The van der Waals surface area contributed by atoms with Crippen molar-refractivity contribution in [3.8, 4) is 0 Å². The molecule has 0 aromatic carbocycles. The molecule has 86 valence electrons. The normalized spacial score (nSPS) is 19.6. The molecule has 0 bridgehead atoms. The van der Waals surface area contributed by atoms with E-state index in [0.717, 1.165) is 19.4 Å². The Morgan fingerprint density at radius 3 is 3.20 bits per heavy atom. The maximum Gasteiger partial charge on any atom is 0.315 e. The lowest BCUT2D eigenvalue weighted by Crippen LogP contribution is -2.42. The number of amides is 2. The van der Waals surface area contributed by atoms with Crippen molar-refractivity contribution in [2.24, 2.45) is 0 Å². The van der Waals surface area contributed by atoms with E-state index in [0.29, 0.717) is 19.8 Å². The fourth-order valence-corrected chi connectivity index (χ4v) is 1.33. The number of hydrogen-bond acceptors (Lipinski definition) is 3. The maximum absolute atomic E-state index is 11.3. The Morgan fingerprint density at radius 1 is 1.67 bits per heavy atom. The predicted octanol–water partition coefficient (Wildman–Crippen LogP) is 0.625. The van der Waals surface area contributed by atoms with Crippen LogP contribution < -0.4 is 10.6 Å². The van der Waals surface area contributed by atoms with Crippen molar-refractivity contribution in [2.75, 3.05) is 26.4 Å². The molecule has 1 fully saturated rings. The number of carbonyl (C=O) groups is 1. The number of rotatable bonds is 6. The van der Waals surface area contributed by atoms with Gasteiger partial charge in [-0.3, -0.25) is 0 Å². The molecule has 0 radical (unpaired) electrons. The van der Waals surface area contributed by atoms with Crippen molar-refractivity contribution in [1.29, 1.82) is 0 Å². The number of carbonyl (C=O) groups excluding carboxylic acids is 1. The molecule has 2 N–H and O–H groups in total. The highest BCUT2D eigenvalue weighted by Crippen LogP contribution is 2.02. The van der Waals surface area contributed by atoms with Crippen molar-refractivity contribution in [1.82, 2.24) is 10.6 Å². The third-order valence-electron chi connectivity index (χ3n) is 2.11. The third-order valence-corrected chi connectivity index (χ3v) is 2.11. The summed E-state index contributed by atoms with van der Waals surface area (Å²) in [4.78, 5) is 11.3. The summed E-state index contributed by atoms with van der Waals surface area (Å²) < 4.78 is 10.1. The van der Waals surface area contributed by atoms with Gasteiger partial charge in [-0.25, -0.2) is 4.79 Å². The van der Waals surface area contributed by atoms with Gasteiger partial charge in [-0.15, -0.1) is 0 Å². The van der Waals surface area contributed by atoms with Gasteiger partial charge in [0.05, 0.1) is 25.5 Å². The van der Waals surface area contributed by atoms with E-state index >= 15 is 0 Å². The molecule has 5 nitrogen and oxygen atoms in total. The van der Waals surface area contributed by atoms with Gasteiger partial charge in [0, 0.05) is 13.2 Å². The second-order valence-corrected chi connectivity index (χ2v) is 3.35. The molecule has 0 aromatic rings. The SMILES string of the molecule is C=COCCCNC(=O)NC1CCOC1. The number of urea groups is 1. The minimum Gasteiger partial charge on any atom is -0.502 e. The molecule has 0 spiro atoms. The van der Waals surface area contributed by atoms with Crippen molar-refractivity contribution < 1.29 is 14.3 Å². The Bertz CT molecular complexity index is 203. The Balaban J connectivity index is 1.95. The summed E-state index contributed by atoms with van der Waals surface area (Å²) in [7, 11) is 0. The van der Waals surface area contributed by atoms with Crippen LogP contribution >= 0.6 is 0 Å². The molecule has 2 amide bonds. The first kappa shape index (κ1) is 11.8. The topological polar surface area (TPSA) is 59.6 Å². The minimum atomic E-state index is -0.135. The number of ether oxygens (including phenoxy) is 2. The van der Waals surface area contributed by atoms with Crippen LogP contribution in [0.4, 0.5) is 4.79 Å². The van der Waals surface area contributed by atoms with Crippen LogP contribution in [0.2, 0.25) is 0 Å². The van der Waals surface area contributed by atoms with Crippen LogP contribution in [-0.4, -0.2) is 38.4 Å². The third kappa shape index (κ3) is 5.27. The fraction of sp³-hybridized carbons (Fsp3) is 0.700. The van der Waals surface area contributed by atoms with Crippen LogP contribution in [0, 0.1) is 0 Å². The molecule has 1 unspecified atom stereocenters. The van der Waals surface area contributed by atoms with E-state index in [1.165, 1.54) is 6.26 Å². The van der Waals surface area contributed by atoms with E-state index in [1.807, 2.05) is 0 Å². The summed E-state index contributed by atoms with van der Waals surface area (Å²) in [6, 6.07) is 0.0264. The first-order valence-electron chi connectivity index (χ1n) is 5.17. The summed E-state index contributed by atoms with van der Waals surface area (Å²) in [5.74, 6) is 0. The van der Waals surface area contributed by atoms with Crippen LogP contribution in [0.15, 0.2) is 12.8 Å². The lowest BCUT2D eigenvalue weighted by Gasteiger charge is -2.11. The monoisotopic (exact) mass is 214 g/mol. The highest BCUT2D eigenvalue weighted by Gasteiger charge is 2.16. The smallest absolute Gasteiger partial charge is 0.315 e. The van der Waals surface area contributed by atoms with Crippen molar-refractivity contribution in [2.45, 2.75) is 18.9 Å². The molecule has 1 saturated heterocycles. The molecule has 1 atom stereocenters. The van der Waals surface area contributed by atoms with Gasteiger partial charge in [-0.05, 0) is 12.8 Å². The summed E-state index contributed by atoms with van der Waals surface area (Å²) in [5.41, 5.74) is 0. The van der Waals surface area contributed by atoms with Gasteiger partial charge in [0.25, 0.3) is 0 Å². The Morgan fingerprint density at radius 2 is 2.53 bits per heavy atom. The molecule has 5 heteroatoms. The van der Waals surface area contributed by atoms with Gasteiger partial charge in [-0.1, -0.05) is 6.58 Å². The first-order valence-corrected chi connectivity index (χ1v) is 5.17. The van der Waals surface area contributed by atoms with Gasteiger partial charge in [0.2, 0.25) is 0 Å². The maximum atomic E-state index is 11.3. The molecule has 1 aliphatic heterocycles. The summed E-state index contributed by atoms with van der Waals surface area (Å²) in [6.07, 6.45) is 3.07. The average molecular weight is 214 g/mol. The molecular weight excluding hydrogens is 196 g/mol. The van der Waals surface area contributed by atoms with E-state index in [-0.39, 0.29) is 12.1 Å². The van der Waals surface area contributed by atoms with Gasteiger partial charge in [0.1, 0.15) is 0 Å². The highest BCUT2D eigenvalue weighted by atomic mass is 16.5. The van der Waals surface area contributed by atoms with Crippen molar-refractivity contribution in [3.63, 3.8) is 0 Å². The van der Waals surface area contributed by atoms with Gasteiger partial charge < -0.3 is 20.1 Å². The summed E-state index contributed by atoms with van der Waals surface area (Å²) >= 11 is 0. The zero-order chi connectivity index (χ0) is 10.9. The second-order valence-electron chi connectivity index (χ2n) is 3.35. The van der Waals surface area contributed by atoms with E-state index in [4.69, 9.17) is 9.47 Å². The number of nitrogens with one attached hydrogen (secondary N) is 2. The Hall–Kier alpha value is -1.23. The first-order chi connectivity index (χ1) is 7.33. The molecule has 15 heavy (non-hydrogen) atoms. The molecule has 1 rings (SSSR count). The van der Waals surface area contributed by atoms with Crippen molar-refractivity contribution >= 4 is 6.03 Å². The molecule has 0 aromatic heterocycles. The summed E-state index contributed by atoms with van der Waals surface area (Å²) in [5, 5.41) is 5.58. The van der Waals surface area contributed by atoms with E-state index < -0.39 is 0 Å². The standard InChI is InChI=1S/C10H18N2O3/c1-2-14-6-3-5-11-10(13)12-9-4-7-15-8-9/h2,9H,1,3-8H2,(H2,11,12,13). The number of hydrogen-bond donors (Lipinski definition) is 2. The molecular formula is C10H18N2O3. The fourth-order valence-electron chi connectivity index (χ4n) is 1.33. The zero-order valence-electron chi connectivity index (χ0n) is 8.83. The minimum absolute atomic E-state index is 0.135. The lowest BCUT2D eigenvalue weighted by atomic mass is 10.3. The average Bonchev–Trinajstić information content (AvgIpc) is 2.70. The van der Waals surface area contributed by atoms with Gasteiger partial charge in [-0.2, -0.15) is 0 Å². The van der Waals surface area contributed by atoms with Crippen molar-refractivity contribution in [3.05, 3.63) is 12.8 Å². The highest BCUT2D eigenvalue weighted by molar-refractivity contribution is 5.74.